The van der Waals surface area contributed by atoms with Crippen LogP contribution in [-0.2, 0) is 11.3 Å². The lowest BCUT2D eigenvalue weighted by Gasteiger charge is -2.00. The van der Waals surface area contributed by atoms with E-state index in [0.717, 1.165) is 5.69 Å². The number of carbonyl (C=O) groups is 1. The highest BCUT2D eigenvalue weighted by atomic mass is 16.2. The van der Waals surface area contributed by atoms with Gasteiger partial charge >= 0.3 is 0 Å². The molecule has 0 saturated heterocycles. The third-order valence-electron chi connectivity index (χ3n) is 1.76. The Labute approximate surface area is 75.7 Å². The van der Waals surface area contributed by atoms with Crippen LogP contribution in [0.25, 0.3) is 0 Å². The Balaban J connectivity index is 2.59. The fourth-order valence-electron chi connectivity index (χ4n) is 1.07. The Kier molecular flexibility index (Phi) is 2.89. The first-order valence-electron chi connectivity index (χ1n) is 4.10. The normalized spacial score (nSPS) is 10.0. The molecule has 1 amide bonds. The van der Waals surface area contributed by atoms with Crippen LogP contribution in [0, 0.1) is 6.92 Å². The minimum atomic E-state index is -0.0959. The van der Waals surface area contributed by atoms with Crippen LogP contribution in [0.1, 0.15) is 12.1 Å². The maximum atomic E-state index is 11.1. The van der Waals surface area contributed by atoms with Crippen LogP contribution in [0.15, 0.2) is 10.9 Å². The fraction of sp³-hybridized carbons (Fsp3) is 0.500. The molecule has 0 bridgehead atoms. The van der Waals surface area contributed by atoms with Crippen molar-refractivity contribution in [2.75, 3.05) is 7.05 Å². The summed E-state index contributed by atoms with van der Waals surface area (Å²) in [5.41, 5.74) is 0.711. The predicted octanol–water partition coefficient (Wildman–Crippen LogP) is -0.379. The van der Waals surface area contributed by atoms with Crippen molar-refractivity contribution in [2.45, 2.75) is 19.9 Å². The van der Waals surface area contributed by atoms with Crippen LogP contribution in [0.3, 0.4) is 0 Å². The fourth-order valence-corrected chi connectivity index (χ4v) is 1.07. The van der Waals surface area contributed by atoms with Crippen LogP contribution in [0.4, 0.5) is 0 Å². The van der Waals surface area contributed by atoms with Gasteiger partial charge in [-0.3, -0.25) is 19.4 Å². The lowest BCUT2D eigenvalue weighted by atomic mass is 10.4. The third kappa shape index (κ3) is 2.47. The van der Waals surface area contributed by atoms with Crippen molar-refractivity contribution in [2.24, 2.45) is 0 Å². The van der Waals surface area contributed by atoms with E-state index in [1.807, 2.05) is 0 Å². The molecular weight excluding hydrogens is 170 g/mol. The average Bonchev–Trinajstić information content (AvgIpc) is 2.41. The SMILES string of the molecule is CNC(=O)CCn1[nH]c(C)cc1=O. The number of hydrogen-bond acceptors (Lipinski definition) is 2. The summed E-state index contributed by atoms with van der Waals surface area (Å²) in [4.78, 5) is 22.0. The van der Waals surface area contributed by atoms with E-state index in [9.17, 15) is 9.59 Å². The number of nitrogens with zero attached hydrogens (tertiary/aromatic N) is 1. The van der Waals surface area contributed by atoms with Gasteiger partial charge in [0, 0.05) is 25.2 Å². The average molecular weight is 183 g/mol. The molecule has 1 rings (SSSR count). The maximum Gasteiger partial charge on any atom is 0.266 e. The molecule has 1 aromatic heterocycles. The zero-order valence-electron chi connectivity index (χ0n) is 7.76. The number of carbonyl (C=O) groups excluding carboxylic acids is 1. The van der Waals surface area contributed by atoms with E-state index in [4.69, 9.17) is 0 Å². The molecule has 0 spiro atoms. The van der Waals surface area contributed by atoms with Gasteiger partial charge in [-0.1, -0.05) is 0 Å². The van der Waals surface area contributed by atoms with Crippen molar-refractivity contribution in [3.05, 3.63) is 22.1 Å². The number of rotatable bonds is 3. The van der Waals surface area contributed by atoms with Crippen LogP contribution < -0.4 is 10.9 Å². The van der Waals surface area contributed by atoms with Crippen molar-refractivity contribution in [1.82, 2.24) is 15.1 Å². The van der Waals surface area contributed by atoms with Gasteiger partial charge in [-0.05, 0) is 6.92 Å². The summed E-state index contributed by atoms with van der Waals surface area (Å²) in [6, 6.07) is 1.50. The van der Waals surface area contributed by atoms with Gasteiger partial charge in [0.15, 0.2) is 0 Å². The minimum absolute atomic E-state index is 0.0702. The molecule has 0 unspecified atom stereocenters. The van der Waals surface area contributed by atoms with Gasteiger partial charge < -0.3 is 5.32 Å². The van der Waals surface area contributed by atoms with E-state index in [-0.39, 0.29) is 11.5 Å². The molecule has 0 atom stereocenters. The van der Waals surface area contributed by atoms with E-state index in [1.165, 1.54) is 10.7 Å². The van der Waals surface area contributed by atoms with Gasteiger partial charge in [0.1, 0.15) is 0 Å². The second-order valence-corrected chi connectivity index (χ2v) is 2.85. The lowest BCUT2D eigenvalue weighted by molar-refractivity contribution is -0.120. The number of aromatic nitrogens is 2. The topological polar surface area (TPSA) is 66.9 Å². The Morgan fingerprint density at radius 1 is 1.69 bits per heavy atom. The Morgan fingerprint density at radius 2 is 2.38 bits per heavy atom. The quantitative estimate of drug-likeness (QED) is 0.670. The molecule has 72 valence electrons. The molecule has 1 aromatic rings. The molecule has 2 N–H and O–H groups in total. The Bertz CT molecular complexity index is 351. The number of H-pyrrole nitrogens is 1. The van der Waals surface area contributed by atoms with Crippen LogP contribution in [0.5, 0.6) is 0 Å². The monoisotopic (exact) mass is 183 g/mol. The zero-order chi connectivity index (χ0) is 9.84. The minimum Gasteiger partial charge on any atom is -0.359 e. The summed E-state index contributed by atoms with van der Waals surface area (Å²) in [6.45, 7) is 2.20. The molecular formula is C8H13N3O2. The van der Waals surface area contributed by atoms with Crippen molar-refractivity contribution in [3.8, 4) is 0 Å². The number of hydrogen-bond donors (Lipinski definition) is 2. The van der Waals surface area contributed by atoms with E-state index in [2.05, 4.69) is 10.4 Å². The lowest BCUT2D eigenvalue weighted by Crippen LogP contribution is -2.23. The summed E-state index contributed by atoms with van der Waals surface area (Å²) in [7, 11) is 1.57. The first kappa shape index (κ1) is 9.57. The van der Waals surface area contributed by atoms with Gasteiger partial charge in [0.2, 0.25) is 5.91 Å². The number of nitrogens with one attached hydrogen (secondary N) is 2. The molecule has 5 heteroatoms. The first-order chi connectivity index (χ1) is 6.13. The van der Waals surface area contributed by atoms with E-state index < -0.39 is 0 Å². The van der Waals surface area contributed by atoms with Crippen molar-refractivity contribution < 1.29 is 4.79 Å². The molecule has 0 aliphatic carbocycles. The second-order valence-electron chi connectivity index (χ2n) is 2.85. The summed E-state index contributed by atoms with van der Waals surface area (Å²) < 4.78 is 1.42. The zero-order valence-corrected chi connectivity index (χ0v) is 7.76. The van der Waals surface area contributed by atoms with Crippen molar-refractivity contribution >= 4 is 5.91 Å². The third-order valence-corrected chi connectivity index (χ3v) is 1.76. The predicted molar refractivity (Wildman–Crippen MR) is 48.5 cm³/mol. The van der Waals surface area contributed by atoms with Crippen LogP contribution >= 0.6 is 0 Å². The molecule has 13 heavy (non-hydrogen) atoms. The van der Waals surface area contributed by atoms with Crippen molar-refractivity contribution in [1.29, 1.82) is 0 Å². The van der Waals surface area contributed by atoms with Gasteiger partial charge in [-0.15, -0.1) is 0 Å². The van der Waals surface area contributed by atoms with E-state index in [0.29, 0.717) is 13.0 Å². The van der Waals surface area contributed by atoms with Crippen molar-refractivity contribution in [3.63, 3.8) is 0 Å². The molecule has 0 radical (unpaired) electrons. The van der Waals surface area contributed by atoms with Gasteiger partial charge in [-0.25, -0.2) is 0 Å². The van der Waals surface area contributed by atoms with E-state index >= 15 is 0 Å². The standard InChI is InChI=1S/C8H13N3O2/c1-6-5-8(13)11(10-6)4-3-7(12)9-2/h5,10H,3-4H2,1-2H3,(H,9,12). The smallest absolute Gasteiger partial charge is 0.266 e. The molecule has 0 fully saturated rings. The van der Waals surface area contributed by atoms with Crippen LogP contribution in [0.2, 0.25) is 0 Å². The molecule has 0 aliphatic rings. The molecule has 0 aromatic carbocycles. The summed E-state index contributed by atoms with van der Waals surface area (Å²) in [6.07, 6.45) is 0.316. The van der Waals surface area contributed by atoms with Crippen LogP contribution in [-0.4, -0.2) is 22.7 Å². The largest absolute Gasteiger partial charge is 0.359 e. The second kappa shape index (κ2) is 3.93. The number of amides is 1. The van der Waals surface area contributed by atoms with E-state index in [1.54, 1.807) is 14.0 Å². The molecule has 5 nitrogen and oxygen atoms in total. The number of aryl methyl sites for hydroxylation is 2. The van der Waals surface area contributed by atoms with Gasteiger partial charge in [0.25, 0.3) is 5.56 Å². The summed E-state index contributed by atoms with van der Waals surface area (Å²) >= 11 is 0. The summed E-state index contributed by atoms with van der Waals surface area (Å²) in [5.74, 6) is -0.0702. The number of aromatic amines is 1. The Hall–Kier alpha value is -1.52. The van der Waals surface area contributed by atoms with Gasteiger partial charge in [0.05, 0.1) is 6.54 Å². The highest BCUT2D eigenvalue weighted by Gasteiger charge is 2.02. The van der Waals surface area contributed by atoms with Gasteiger partial charge in [-0.2, -0.15) is 0 Å². The summed E-state index contributed by atoms with van der Waals surface area (Å²) in [5, 5.41) is 5.34. The molecule has 0 saturated carbocycles. The highest BCUT2D eigenvalue weighted by molar-refractivity contribution is 5.75. The molecule has 1 heterocycles. The highest BCUT2D eigenvalue weighted by Crippen LogP contribution is 1.88. The maximum absolute atomic E-state index is 11.1. The molecule has 0 aliphatic heterocycles. The Morgan fingerprint density at radius 3 is 2.85 bits per heavy atom. The first-order valence-corrected chi connectivity index (χ1v) is 4.10.